The van der Waals surface area contributed by atoms with Gasteiger partial charge in [0.25, 0.3) is 0 Å². The molecule has 20 heavy (non-hydrogen) atoms. The molecule has 106 valence electrons. The van der Waals surface area contributed by atoms with Gasteiger partial charge in [-0.05, 0) is 28.9 Å². The van der Waals surface area contributed by atoms with Crippen molar-refractivity contribution in [2.24, 2.45) is 12.8 Å². The predicted molar refractivity (Wildman–Crippen MR) is 88.1 cm³/mol. The van der Waals surface area contributed by atoms with Gasteiger partial charge >= 0.3 is 0 Å². The molecule has 0 atom stereocenters. The molecule has 0 fully saturated rings. The monoisotopic (exact) mass is 393 g/mol. The molecule has 0 radical (unpaired) electrons. The summed E-state index contributed by atoms with van der Waals surface area (Å²) in [6.45, 7) is 1.80. The molecular weight excluding hydrogens is 385 g/mol. The van der Waals surface area contributed by atoms with E-state index in [1.54, 1.807) is 30.8 Å². The van der Waals surface area contributed by atoms with E-state index < -0.39 is 0 Å². The van der Waals surface area contributed by atoms with E-state index in [-0.39, 0.29) is 4.99 Å². The van der Waals surface area contributed by atoms with Gasteiger partial charge in [-0.25, -0.2) is 4.68 Å². The van der Waals surface area contributed by atoms with E-state index in [1.165, 1.54) is 0 Å². The number of ether oxygens (including phenoxy) is 1. The first-order valence-corrected chi connectivity index (χ1v) is 7.42. The van der Waals surface area contributed by atoms with E-state index in [9.17, 15) is 0 Å². The van der Waals surface area contributed by atoms with Crippen LogP contribution in [0.4, 0.5) is 0 Å². The van der Waals surface area contributed by atoms with E-state index in [0.29, 0.717) is 37.4 Å². The molecule has 4 nitrogen and oxygen atoms in total. The summed E-state index contributed by atoms with van der Waals surface area (Å²) in [6.07, 6.45) is 0. The number of halogens is 3. The number of benzene rings is 1. The highest BCUT2D eigenvalue weighted by atomic mass is 79.9. The Kier molecular flexibility index (Phi) is 4.59. The van der Waals surface area contributed by atoms with Crippen LogP contribution >= 0.6 is 51.3 Å². The zero-order valence-electron chi connectivity index (χ0n) is 10.6. The molecule has 2 rings (SSSR count). The smallest absolute Gasteiger partial charge is 0.228 e. The first-order chi connectivity index (χ1) is 9.31. The average Bonchev–Trinajstić information content (AvgIpc) is 2.61. The van der Waals surface area contributed by atoms with Gasteiger partial charge in [0, 0.05) is 17.6 Å². The van der Waals surface area contributed by atoms with Crippen LogP contribution in [0.2, 0.25) is 10.0 Å². The number of aryl methyl sites for hydroxylation is 2. The number of hydrogen-bond donors (Lipinski definition) is 1. The molecule has 0 unspecified atom stereocenters. The Morgan fingerprint density at radius 3 is 2.65 bits per heavy atom. The highest BCUT2D eigenvalue weighted by Gasteiger charge is 2.19. The molecule has 0 bridgehead atoms. The lowest BCUT2D eigenvalue weighted by Gasteiger charge is -2.10. The third-order valence-electron chi connectivity index (χ3n) is 2.60. The minimum atomic E-state index is 0.213. The predicted octanol–water partition coefficient (Wildman–Crippen LogP) is 4.22. The molecule has 0 aliphatic heterocycles. The maximum Gasteiger partial charge on any atom is 0.228 e. The lowest BCUT2D eigenvalue weighted by molar-refractivity contribution is 0.430. The molecule has 0 aliphatic rings. The van der Waals surface area contributed by atoms with Gasteiger partial charge in [-0.3, -0.25) is 0 Å². The molecule has 1 aromatic carbocycles. The fraction of sp³-hybridized carbons (Fsp3) is 0.167. The van der Waals surface area contributed by atoms with E-state index >= 15 is 0 Å². The van der Waals surface area contributed by atoms with Gasteiger partial charge in [0.1, 0.15) is 10.7 Å². The van der Waals surface area contributed by atoms with Crippen molar-refractivity contribution in [3.8, 4) is 11.6 Å². The zero-order valence-corrected chi connectivity index (χ0v) is 14.5. The first kappa shape index (κ1) is 15.6. The third kappa shape index (κ3) is 2.93. The maximum atomic E-state index is 6.14. The highest BCUT2D eigenvalue weighted by molar-refractivity contribution is 9.10. The standard InChI is InChI=1S/C12H10BrCl2N3OS/c1-5-10(11(16)20)12(18(2)17-5)19-9-4-7(14)6(13)3-8(9)15/h3-4H,1-2H3,(H2,16,20). The Balaban J connectivity index is 2.50. The largest absolute Gasteiger partial charge is 0.437 e. The molecule has 0 amide bonds. The Labute approximate surface area is 139 Å². The second kappa shape index (κ2) is 5.89. The van der Waals surface area contributed by atoms with Gasteiger partial charge < -0.3 is 10.5 Å². The summed E-state index contributed by atoms with van der Waals surface area (Å²) < 4.78 is 8.02. The van der Waals surface area contributed by atoms with Crippen molar-refractivity contribution in [2.45, 2.75) is 6.92 Å². The number of aromatic nitrogens is 2. The van der Waals surface area contributed by atoms with Gasteiger partial charge in [0.15, 0.2) is 0 Å². The lowest BCUT2D eigenvalue weighted by atomic mass is 10.2. The molecule has 2 aromatic rings. The lowest BCUT2D eigenvalue weighted by Crippen LogP contribution is -2.11. The van der Waals surface area contributed by atoms with Crippen molar-refractivity contribution >= 4 is 56.3 Å². The van der Waals surface area contributed by atoms with Crippen LogP contribution in [0.25, 0.3) is 0 Å². The summed E-state index contributed by atoms with van der Waals surface area (Å²) in [5.41, 5.74) is 6.98. The van der Waals surface area contributed by atoms with Crippen LogP contribution in [-0.4, -0.2) is 14.8 Å². The number of thiocarbonyl (C=S) groups is 1. The Hall–Kier alpha value is -0.820. The van der Waals surface area contributed by atoms with E-state index in [1.807, 2.05) is 0 Å². The summed E-state index contributed by atoms with van der Waals surface area (Å²) in [4.78, 5) is 0.213. The van der Waals surface area contributed by atoms with Gasteiger partial charge in [0.2, 0.25) is 5.88 Å². The maximum absolute atomic E-state index is 6.14. The molecule has 1 heterocycles. The minimum absolute atomic E-state index is 0.213. The summed E-state index contributed by atoms with van der Waals surface area (Å²) in [7, 11) is 1.73. The van der Waals surface area contributed by atoms with E-state index in [2.05, 4.69) is 21.0 Å². The summed E-state index contributed by atoms with van der Waals surface area (Å²) >= 11 is 20.5. The molecule has 0 aliphatic carbocycles. The number of rotatable bonds is 3. The second-order valence-electron chi connectivity index (χ2n) is 4.05. The number of nitrogens with two attached hydrogens (primary N) is 1. The van der Waals surface area contributed by atoms with Crippen LogP contribution in [-0.2, 0) is 7.05 Å². The van der Waals surface area contributed by atoms with Crippen LogP contribution in [0.5, 0.6) is 11.6 Å². The second-order valence-corrected chi connectivity index (χ2v) is 6.16. The zero-order chi connectivity index (χ0) is 15.0. The quantitative estimate of drug-likeness (QED) is 0.625. The van der Waals surface area contributed by atoms with Crippen LogP contribution in [0, 0.1) is 6.92 Å². The molecule has 0 spiro atoms. The van der Waals surface area contributed by atoms with Crippen molar-refractivity contribution in [3.63, 3.8) is 0 Å². The fourth-order valence-corrected chi connectivity index (χ4v) is 2.79. The van der Waals surface area contributed by atoms with Gasteiger partial charge in [0.05, 0.1) is 21.3 Å². The van der Waals surface area contributed by atoms with Crippen molar-refractivity contribution in [3.05, 3.63) is 37.9 Å². The van der Waals surface area contributed by atoms with Crippen molar-refractivity contribution in [1.82, 2.24) is 9.78 Å². The van der Waals surface area contributed by atoms with Crippen LogP contribution in [0.1, 0.15) is 11.3 Å². The van der Waals surface area contributed by atoms with Crippen LogP contribution in [0.15, 0.2) is 16.6 Å². The third-order valence-corrected chi connectivity index (χ3v) is 4.29. The Morgan fingerprint density at radius 1 is 1.40 bits per heavy atom. The molecule has 8 heteroatoms. The summed E-state index contributed by atoms with van der Waals surface area (Å²) in [5.74, 6) is 0.829. The first-order valence-electron chi connectivity index (χ1n) is 5.47. The molecule has 0 saturated carbocycles. The molecule has 2 N–H and O–H groups in total. The number of nitrogens with zero attached hydrogens (tertiary/aromatic N) is 2. The number of hydrogen-bond acceptors (Lipinski definition) is 3. The van der Waals surface area contributed by atoms with Gasteiger partial charge in [-0.15, -0.1) is 0 Å². The normalized spacial score (nSPS) is 10.7. The average molecular weight is 395 g/mol. The van der Waals surface area contributed by atoms with Crippen molar-refractivity contribution in [1.29, 1.82) is 0 Å². The van der Waals surface area contributed by atoms with Crippen molar-refractivity contribution in [2.75, 3.05) is 0 Å². The van der Waals surface area contributed by atoms with Crippen LogP contribution in [0.3, 0.4) is 0 Å². The van der Waals surface area contributed by atoms with Crippen molar-refractivity contribution < 1.29 is 4.74 Å². The minimum Gasteiger partial charge on any atom is -0.437 e. The molecular formula is C12H10BrCl2N3OS. The van der Waals surface area contributed by atoms with Gasteiger partial charge in [-0.2, -0.15) is 5.10 Å². The molecule has 1 aromatic heterocycles. The summed E-state index contributed by atoms with van der Waals surface area (Å²) in [6, 6.07) is 3.27. The fourth-order valence-electron chi connectivity index (χ4n) is 1.72. The van der Waals surface area contributed by atoms with E-state index in [4.69, 9.17) is 45.9 Å². The highest BCUT2D eigenvalue weighted by Crippen LogP contribution is 2.37. The van der Waals surface area contributed by atoms with Gasteiger partial charge in [-0.1, -0.05) is 35.4 Å². The summed E-state index contributed by atoms with van der Waals surface area (Å²) in [5, 5.41) is 5.13. The van der Waals surface area contributed by atoms with Crippen LogP contribution < -0.4 is 10.5 Å². The SMILES string of the molecule is Cc1nn(C)c(Oc2cc(Cl)c(Br)cc2Cl)c1C(N)=S. The topological polar surface area (TPSA) is 53.1 Å². The molecule has 0 saturated heterocycles. The Bertz CT molecular complexity index is 702. The van der Waals surface area contributed by atoms with E-state index in [0.717, 1.165) is 0 Å². The Morgan fingerprint density at radius 2 is 2.05 bits per heavy atom.